The van der Waals surface area contributed by atoms with E-state index in [4.69, 9.17) is 27.7 Å². The first-order chi connectivity index (χ1) is 15.0. The lowest BCUT2D eigenvalue weighted by atomic mass is 10.0. The van der Waals surface area contributed by atoms with E-state index < -0.39 is 0 Å². The second-order valence-corrected chi connectivity index (χ2v) is 8.38. The molecule has 2 aromatic rings. The van der Waals surface area contributed by atoms with E-state index in [2.05, 4.69) is 15.2 Å². The predicted molar refractivity (Wildman–Crippen MR) is 126 cm³/mol. The Bertz CT molecular complexity index is 1010. The highest BCUT2D eigenvalue weighted by molar-refractivity contribution is 7.80. The molecule has 1 saturated carbocycles. The molecule has 1 aliphatic carbocycles. The Kier molecular flexibility index (Phi) is 5.95. The number of methoxy groups -OCH3 is 1. The van der Waals surface area contributed by atoms with Gasteiger partial charge in [0.1, 0.15) is 22.5 Å². The molecule has 31 heavy (non-hydrogen) atoms. The summed E-state index contributed by atoms with van der Waals surface area (Å²) >= 11 is 5.21. The molecule has 0 radical (unpaired) electrons. The van der Waals surface area contributed by atoms with Crippen LogP contribution in [0.25, 0.3) is 0 Å². The largest absolute Gasteiger partial charge is 0.495 e. The molecule has 3 N–H and O–H groups in total. The smallest absolute Gasteiger partial charge is 0.249 e. The summed E-state index contributed by atoms with van der Waals surface area (Å²) in [6, 6.07) is 5.58. The molecule has 1 amide bonds. The molecule has 0 spiro atoms. The molecule has 0 saturated heterocycles. The normalized spacial score (nSPS) is 18.8. The Morgan fingerprint density at radius 1 is 1.35 bits per heavy atom. The average Bonchev–Trinajstić information content (AvgIpc) is 3.30. The van der Waals surface area contributed by atoms with Gasteiger partial charge in [-0.15, -0.1) is 0 Å². The lowest BCUT2D eigenvalue weighted by Crippen LogP contribution is -2.55. The van der Waals surface area contributed by atoms with Crippen molar-refractivity contribution >= 4 is 46.3 Å². The number of hydrogen-bond acceptors (Lipinski definition) is 7. The van der Waals surface area contributed by atoms with Gasteiger partial charge in [0.2, 0.25) is 11.9 Å². The van der Waals surface area contributed by atoms with Gasteiger partial charge in [0.15, 0.2) is 5.82 Å². The van der Waals surface area contributed by atoms with Crippen LogP contribution >= 0.6 is 12.2 Å². The maximum Gasteiger partial charge on any atom is 0.249 e. The van der Waals surface area contributed by atoms with Crippen LogP contribution < -0.4 is 25.6 Å². The van der Waals surface area contributed by atoms with Crippen molar-refractivity contribution in [2.24, 2.45) is 5.73 Å². The van der Waals surface area contributed by atoms with E-state index in [1.54, 1.807) is 25.3 Å². The van der Waals surface area contributed by atoms with Crippen molar-refractivity contribution in [1.29, 1.82) is 0 Å². The number of anilines is 4. The molecule has 1 aromatic heterocycles. The van der Waals surface area contributed by atoms with Gasteiger partial charge >= 0.3 is 0 Å². The van der Waals surface area contributed by atoms with E-state index >= 15 is 0 Å². The Balaban J connectivity index is 1.78. The Labute approximate surface area is 187 Å². The number of thiocarbonyl (C=S) groups is 1. The fourth-order valence-corrected chi connectivity index (χ4v) is 4.76. The van der Waals surface area contributed by atoms with Gasteiger partial charge in [0.05, 0.1) is 19.0 Å². The number of carbonyl (C=O) groups excluding carboxylic acids is 1. The Morgan fingerprint density at radius 3 is 2.74 bits per heavy atom. The first kappa shape index (κ1) is 21.3. The quantitative estimate of drug-likeness (QED) is 0.660. The minimum atomic E-state index is -0.221. The molecule has 2 heterocycles. The summed E-state index contributed by atoms with van der Waals surface area (Å²) in [7, 11) is 3.38. The van der Waals surface area contributed by atoms with Crippen molar-refractivity contribution in [3.8, 4) is 5.75 Å². The third-order valence-electron chi connectivity index (χ3n) is 6.16. The Hall–Kier alpha value is -2.94. The maximum atomic E-state index is 13.0. The number of aromatic nitrogens is 2. The third-order valence-corrected chi connectivity index (χ3v) is 6.38. The molecule has 4 rings (SSSR count). The van der Waals surface area contributed by atoms with Crippen molar-refractivity contribution in [2.75, 3.05) is 29.3 Å². The van der Waals surface area contributed by atoms with E-state index in [1.807, 2.05) is 25.1 Å². The molecule has 2 aliphatic rings. The summed E-state index contributed by atoms with van der Waals surface area (Å²) in [5.41, 5.74) is 7.92. The second-order valence-electron chi connectivity index (χ2n) is 7.94. The SMILES string of the molecule is CCC1C(=O)N(C)c2cnc(Nc3c(OC)cccc3C(N)=S)nc2N1C1CCCC1. The fraction of sp³-hybridized carbons (Fsp3) is 0.455. The van der Waals surface area contributed by atoms with Crippen LogP contribution in [-0.2, 0) is 4.79 Å². The molecule has 1 atom stereocenters. The molecule has 8 nitrogen and oxygen atoms in total. The highest BCUT2D eigenvalue weighted by Gasteiger charge is 2.41. The van der Waals surface area contributed by atoms with Crippen molar-refractivity contribution < 1.29 is 9.53 Å². The standard InChI is InChI=1S/C22H28N6O2S/c1-4-15-21(29)27(2)16-12-24-22(26-20(16)28(15)13-8-5-6-9-13)25-18-14(19(23)31)10-7-11-17(18)30-3/h7,10-13,15H,4-6,8-9H2,1-3H3,(H2,23,31)(H,24,25,26). The molecule has 0 bridgehead atoms. The maximum absolute atomic E-state index is 13.0. The number of likely N-dealkylation sites (N-methyl/N-ethyl adjacent to an activating group) is 1. The molecular formula is C22H28N6O2S. The molecule has 164 valence electrons. The van der Waals surface area contributed by atoms with E-state index in [1.165, 1.54) is 12.8 Å². The van der Waals surface area contributed by atoms with Crippen LogP contribution in [-0.4, -0.2) is 47.1 Å². The monoisotopic (exact) mass is 440 g/mol. The molecule has 9 heteroatoms. The molecule has 1 unspecified atom stereocenters. The van der Waals surface area contributed by atoms with Gasteiger partial charge in [0.25, 0.3) is 0 Å². The number of amides is 1. The van der Waals surface area contributed by atoms with Crippen LogP contribution in [0.3, 0.4) is 0 Å². The average molecular weight is 441 g/mol. The van der Waals surface area contributed by atoms with Crippen LogP contribution in [0.1, 0.15) is 44.6 Å². The van der Waals surface area contributed by atoms with Gasteiger partial charge in [-0.25, -0.2) is 4.98 Å². The highest BCUT2D eigenvalue weighted by Crippen LogP contribution is 2.40. The summed E-state index contributed by atoms with van der Waals surface area (Å²) in [4.78, 5) is 26.5. The zero-order valence-electron chi connectivity index (χ0n) is 18.1. The number of rotatable bonds is 6. The molecule has 1 fully saturated rings. The number of nitrogens with one attached hydrogen (secondary N) is 1. The summed E-state index contributed by atoms with van der Waals surface area (Å²) < 4.78 is 5.49. The minimum absolute atomic E-state index is 0.0895. The number of nitrogens with two attached hydrogens (primary N) is 1. The van der Waals surface area contributed by atoms with Gasteiger partial charge in [0, 0.05) is 18.7 Å². The van der Waals surface area contributed by atoms with Gasteiger partial charge < -0.3 is 25.6 Å². The number of benzene rings is 1. The van der Waals surface area contributed by atoms with Crippen LogP contribution in [0.4, 0.5) is 23.1 Å². The number of fused-ring (bicyclic) bond motifs is 1. The molecule has 1 aromatic carbocycles. The van der Waals surface area contributed by atoms with Gasteiger partial charge in [-0.2, -0.15) is 4.98 Å². The van der Waals surface area contributed by atoms with E-state index in [9.17, 15) is 4.79 Å². The van der Waals surface area contributed by atoms with Crippen molar-refractivity contribution in [3.63, 3.8) is 0 Å². The van der Waals surface area contributed by atoms with Gasteiger partial charge in [-0.1, -0.05) is 38.0 Å². The Morgan fingerprint density at radius 2 is 2.10 bits per heavy atom. The van der Waals surface area contributed by atoms with Crippen LogP contribution in [0.5, 0.6) is 5.75 Å². The summed E-state index contributed by atoms with van der Waals surface area (Å²) in [5, 5.41) is 3.25. The molecular weight excluding hydrogens is 412 g/mol. The van der Waals surface area contributed by atoms with Crippen molar-refractivity contribution in [3.05, 3.63) is 30.0 Å². The lowest BCUT2D eigenvalue weighted by molar-refractivity contribution is -0.120. The number of para-hydroxylation sites is 1. The number of hydrogen-bond donors (Lipinski definition) is 2. The van der Waals surface area contributed by atoms with Crippen LogP contribution in [0, 0.1) is 0 Å². The predicted octanol–water partition coefficient (Wildman–Crippen LogP) is 3.37. The van der Waals surface area contributed by atoms with E-state index in [0.717, 1.165) is 30.8 Å². The van der Waals surface area contributed by atoms with E-state index in [0.29, 0.717) is 29.0 Å². The first-order valence-electron chi connectivity index (χ1n) is 10.6. The topological polar surface area (TPSA) is 96.6 Å². The number of carbonyl (C=O) groups is 1. The van der Waals surface area contributed by atoms with Gasteiger partial charge in [-0.05, 0) is 31.4 Å². The van der Waals surface area contributed by atoms with Crippen molar-refractivity contribution in [2.45, 2.75) is 51.1 Å². The zero-order valence-corrected chi connectivity index (χ0v) is 18.9. The second kappa shape index (κ2) is 8.66. The summed E-state index contributed by atoms with van der Waals surface area (Å²) in [6.45, 7) is 2.05. The fourth-order valence-electron chi connectivity index (χ4n) is 4.59. The third kappa shape index (κ3) is 3.78. The number of nitrogens with zero attached hydrogens (tertiary/aromatic N) is 4. The zero-order chi connectivity index (χ0) is 22.1. The van der Waals surface area contributed by atoms with Crippen LogP contribution in [0.15, 0.2) is 24.4 Å². The highest BCUT2D eigenvalue weighted by atomic mass is 32.1. The van der Waals surface area contributed by atoms with Crippen molar-refractivity contribution in [1.82, 2.24) is 9.97 Å². The lowest BCUT2D eigenvalue weighted by Gasteiger charge is -2.43. The van der Waals surface area contributed by atoms with E-state index in [-0.39, 0.29) is 16.9 Å². The summed E-state index contributed by atoms with van der Waals surface area (Å²) in [6.07, 6.45) is 6.91. The number of ether oxygens (including phenoxy) is 1. The molecule has 1 aliphatic heterocycles. The first-order valence-corrected chi connectivity index (χ1v) is 11.0. The minimum Gasteiger partial charge on any atom is -0.495 e. The van der Waals surface area contributed by atoms with Gasteiger partial charge in [-0.3, -0.25) is 4.79 Å². The van der Waals surface area contributed by atoms with Crippen LogP contribution in [0.2, 0.25) is 0 Å². The summed E-state index contributed by atoms with van der Waals surface area (Å²) in [5.74, 6) is 1.87.